The highest BCUT2D eigenvalue weighted by atomic mass is 16.1. The molecule has 2 heterocycles. The molecule has 1 aromatic heterocycles. The molecule has 1 N–H and O–H groups in total. The highest BCUT2D eigenvalue weighted by molar-refractivity contribution is 5.75. The van der Waals surface area contributed by atoms with Crippen LogP contribution in [0.4, 0.5) is 5.82 Å². The lowest BCUT2D eigenvalue weighted by Gasteiger charge is -2.38. The van der Waals surface area contributed by atoms with Crippen LogP contribution in [0.15, 0.2) is 29.1 Å². The summed E-state index contributed by atoms with van der Waals surface area (Å²) in [6.07, 6.45) is 1.13. The number of aromatic nitrogens is 2. The summed E-state index contributed by atoms with van der Waals surface area (Å²) in [6, 6.07) is 8.03. The molecule has 4 nitrogen and oxygen atoms in total. The molecule has 16 heavy (non-hydrogen) atoms. The van der Waals surface area contributed by atoms with Gasteiger partial charge in [0.2, 0.25) is 0 Å². The Bertz CT molecular complexity index is 590. The molecule has 0 bridgehead atoms. The lowest BCUT2D eigenvalue weighted by atomic mass is 10.1. The van der Waals surface area contributed by atoms with Crippen molar-refractivity contribution < 1.29 is 0 Å². The average Bonchev–Trinajstić information content (AvgIpc) is 2.28. The first-order chi connectivity index (χ1) is 7.75. The Labute approximate surface area is 92.9 Å². The Hall–Kier alpha value is -1.84. The maximum atomic E-state index is 11.9. The number of fused-ring (bicyclic) bond motifs is 1. The van der Waals surface area contributed by atoms with E-state index in [0.29, 0.717) is 11.9 Å². The maximum absolute atomic E-state index is 11.9. The summed E-state index contributed by atoms with van der Waals surface area (Å²) in [4.78, 5) is 21.2. The van der Waals surface area contributed by atoms with Gasteiger partial charge in [-0.15, -0.1) is 0 Å². The number of hydrogen-bond acceptors (Lipinski definition) is 3. The molecular weight excluding hydrogens is 202 g/mol. The zero-order valence-electron chi connectivity index (χ0n) is 9.10. The third-order valence-corrected chi connectivity index (χ3v) is 3.17. The van der Waals surface area contributed by atoms with Gasteiger partial charge in [-0.05, 0) is 25.5 Å². The van der Waals surface area contributed by atoms with Crippen molar-refractivity contribution in [3.8, 4) is 0 Å². The van der Waals surface area contributed by atoms with Crippen LogP contribution < -0.4 is 10.5 Å². The second-order valence-electron chi connectivity index (χ2n) is 4.24. The van der Waals surface area contributed by atoms with E-state index in [1.807, 2.05) is 29.2 Å². The average molecular weight is 215 g/mol. The molecule has 1 aliphatic rings. The molecule has 4 heteroatoms. The molecule has 0 radical (unpaired) electrons. The van der Waals surface area contributed by atoms with E-state index in [9.17, 15) is 4.79 Å². The van der Waals surface area contributed by atoms with Crippen molar-refractivity contribution in [3.63, 3.8) is 0 Å². The fraction of sp³-hybridized carbons (Fsp3) is 0.333. The topological polar surface area (TPSA) is 49.0 Å². The van der Waals surface area contributed by atoms with Crippen molar-refractivity contribution in [1.82, 2.24) is 9.97 Å². The molecule has 82 valence electrons. The molecule has 0 unspecified atom stereocenters. The van der Waals surface area contributed by atoms with Gasteiger partial charge in [0.1, 0.15) is 0 Å². The highest BCUT2D eigenvalue weighted by Gasteiger charge is 2.27. The molecule has 0 aliphatic carbocycles. The first-order valence-electron chi connectivity index (χ1n) is 5.51. The summed E-state index contributed by atoms with van der Waals surface area (Å²) in [7, 11) is 0. The molecule has 0 amide bonds. The molecule has 2 aromatic rings. The van der Waals surface area contributed by atoms with Crippen LogP contribution in [0.1, 0.15) is 13.3 Å². The van der Waals surface area contributed by atoms with Crippen LogP contribution in [0.25, 0.3) is 11.0 Å². The lowest BCUT2D eigenvalue weighted by molar-refractivity contribution is 0.475. The molecule has 1 atom stereocenters. The Kier molecular flexibility index (Phi) is 1.96. The third kappa shape index (κ3) is 1.30. The number of nitrogens with one attached hydrogen (secondary N) is 1. The van der Waals surface area contributed by atoms with E-state index < -0.39 is 0 Å². The van der Waals surface area contributed by atoms with Gasteiger partial charge in [0, 0.05) is 12.6 Å². The van der Waals surface area contributed by atoms with Gasteiger partial charge in [0.15, 0.2) is 5.82 Å². The summed E-state index contributed by atoms with van der Waals surface area (Å²) in [5.74, 6) is 0.553. The van der Waals surface area contributed by atoms with Crippen molar-refractivity contribution in [2.24, 2.45) is 0 Å². The molecule has 1 saturated heterocycles. The van der Waals surface area contributed by atoms with Gasteiger partial charge in [-0.3, -0.25) is 4.79 Å². The number of rotatable bonds is 1. The Morgan fingerprint density at radius 3 is 2.94 bits per heavy atom. The standard InChI is InChI=1S/C12H13N3O/c1-8-6-7-15(8)11-12(16)14-10-5-3-2-4-9(10)13-11/h2-5,8H,6-7H2,1H3,(H,14,16)/t8-/m0/s1. The molecule has 1 fully saturated rings. The molecule has 3 rings (SSSR count). The second kappa shape index (κ2) is 3.33. The highest BCUT2D eigenvalue weighted by Crippen LogP contribution is 2.22. The minimum atomic E-state index is -0.0924. The van der Waals surface area contributed by atoms with Gasteiger partial charge >= 0.3 is 0 Å². The van der Waals surface area contributed by atoms with Gasteiger partial charge < -0.3 is 9.88 Å². The van der Waals surface area contributed by atoms with Crippen LogP contribution in [-0.2, 0) is 0 Å². The van der Waals surface area contributed by atoms with E-state index in [1.54, 1.807) is 0 Å². The predicted octanol–water partition coefficient (Wildman–Crippen LogP) is 1.52. The number of H-pyrrole nitrogens is 1. The number of nitrogens with zero attached hydrogens (tertiary/aromatic N) is 2. The van der Waals surface area contributed by atoms with E-state index in [2.05, 4.69) is 16.9 Å². The quantitative estimate of drug-likeness (QED) is 0.784. The van der Waals surface area contributed by atoms with Crippen LogP contribution in [0, 0.1) is 0 Å². The van der Waals surface area contributed by atoms with Crippen molar-refractivity contribution in [2.75, 3.05) is 11.4 Å². The molecule has 1 aliphatic heterocycles. The van der Waals surface area contributed by atoms with Crippen LogP contribution in [-0.4, -0.2) is 22.6 Å². The summed E-state index contributed by atoms with van der Waals surface area (Å²) in [5, 5.41) is 0. The largest absolute Gasteiger partial charge is 0.349 e. The molecule has 1 aromatic carbocycles. The SMILES string of the molecule is C[C@H]1CCN1c1nc2ccccc2[nH]c1=O. The summed E-state index contributed by atoms with van der Waals surface area (Å²) >= 11 is 0. The van der Waals surface area contributed by atoms with E-state index >= 15 is 0 Å². The number of aromatic amines is 1. The number of hydrogen-bond donors (Lipinski definition) is 1. The van der Waals surface area contributed by atoms with Gasteiger partial charge in [-0.2, -0.15) is 0 Å². The van der Waals surface area contributed by atoms with Crippen molar-refractivity contribution in [3.05, 3.63) is 34.6 Å². The van der Waals surface area contributed by atoms with Crippen LogP contribution in [0.3, 0.4) is 0 Å². The van der Waals surface area contributed by atoms with Crippen molar-refractivity contribution >= 4 is 16.9 Å². The van der Waals surface area contributed by atoms with Crippen LogP contribution >= 0.6 is 0 Å². The van der Waals surface area contributed by atoms with E-state index in [0.717, 1.165) is 24.0 Å². The zero-order valence-corrected chi connectivity index (χ0v) is 9.10. The third-order valence-electron chi connectivity index (χ3n) is 3.17. The van der Waals surface area contributed by atoms with Crippen molar-refractivity contribution in [2.45, 2.75) is 19.4 Å². The summed E-state index contributed by atoms with van der Waals surface area (Å²) in [5.41, 5.74) is 1.55. The number of benzene rings is 1. The molecule has 0 spiro atoms. The first kappa shape index (κ1) is 9.39. The molecular formula is C12H13N3O. The Balaban J connectivity index is 2.18. The fourth-order valence-electron chi connectivity index (χ4n) is 2.05. The Morgan fingerprint density at radius 2 is 2.25 bits per heavy atom. The van der Waals surface area contributed by atoms with Gasteiger partial charge in [-0.25, -0.2) is 4.98 Å². The lowest BCUT2D eigenvalue weighted by Crippen LogP contribution is -2.48. The van der Waals surface area contributed by atoms with E-state index in [-0.39, 0.29) is 5.56 Å². The van der Waals surface area contributed by atoms with Crippen molar-refractivity contribution in [1.29, 1.82) is 0 Å². The first-order valence-corrected chi connectivity index (χ1v) is 5.51. The number of anilines is 1. The normalized spacial score (nSPS) is 19.8. The smallest absolute Gasteiger partial charge is 0.291 e. The zero-order chi connectivity index (χ0) is 11.1. The minimum absolute atomic E-state index is 0.0924. The van der Waals surface area contributed by atoms with Crippen LogP contribution in [0.5, 0.6) is 0 Å². The summed E-state index contributed by atoms with van der Waals surface area (Å²) < 4.78 is 0. The monoisotopic (exact) mass is 215 g/mol. The minimum Gasteiger partial charge on any atom is -0.349 e. The van der Waals surface area contributed by atoms with Gasteiger partial charge in [0.25, 0.3) is 5.56 Å². The number of para-hydroxylation sites is 2. The second-order valence-corrected chi connectivity index (χ2v) is 4.24. The van der Waals surface area contributed by atoms with E-state index in [4.69, 9.17) is 0 Å². The van der Waals surface area contributed by atoms with E-state index in [1.165, 1.54) is 0 Å². The fourth-order valence-corrected chi connectivity index (χ4v) is 2.05. The van der Waals surface area contributed by atoms with Crippen LogP contribution in [0.2, 0.25) is 0 Å². The Morgan fingerprint density at radius 1 is 1.44 bits per heavy atom. The predicted molar refractivity (Wildman–Crippen MR) is 63.8 cm³/mol. The van der Waals surface area contributed by atoms with Gasteiger partial charge in [-0.1, -0.05) is 12.1 Å². The maximum Gasteiger partial charge on any atom is 0.291 e. The van der Waals surface area contributed by atoms with Gasteiger partial charge in [0.05, 0.1) is 11.0 Å². The summed E-state index contributed by atoms with van der Waals surface area (Å²) in [6.45, 7) is 3.04. The molecule has 0 saturated carbocycles.